The van der Waals surface area contributed by atoms with Gasteiger partial charge in [-0.05, 0) is 91.7 Å². The van der Waals surface area contributed by atoms with Crippen molar-refractivity contribution in [2.24, 2.45) is 0 Å². The zero-order valence-electron chi connectivity index (χ0n) is 41.7. The molecule has 27 heteroatoms. The smallest absolute Gasteiger partial charge is 0.270 e. The Balaban J connectivity index is 0.000000362. The summed E-state index contributed by atoms with van der Waals surface area (Å²) in [6.45, 7) is 4.05. The lowest BCUT2D eigenvalue weighted by atomic mass is 10.2. The van der Waals surface area contributed by atoms with Crippen LogP contribution in [0.5, 0.6) is 0 Å². The van der Waals surface area contributed by atoms with Crippen LogP contribution in [0.15, 0.2) is 170 Å². The van der Waals surface area contributed by atoms with Gasteiger partial charge in [0.05, 0.1) is 59.0 Å². The van der Waals surface area contributed by atoms with Crippen molar-refractivity contribution in [2.75, 3.05) is 22.1 Å². The molecule has 0 saturated heterocycles. The summed E-state index contributed by atoms with van der Waals surface area (Å²) in [5.74, 6) is 1.32. The van der Waals surface area contributed by atoms with Gasteiger partial charge in [-0.3, -0.25) is 45.3 Å². The van der Waals surface area contributed by atoms with E-state index in [0.717, 1.165) is 39.7 Å². The second-order valence-corrected chi connectivity index (χ2v) is 17.0. The van der Waals surface area contributed by atoms with Gasteiger partial charge >= 0.3 is 0 Å². The zero-order chi connectivity index (χ0) is 57.5. The molecule has 26 nitrogen and oxygen atoms in total. The highest BCUT2D eigenvalue weighted by Gasteiger charge is 2.13. The highest BCUT2D eigenvalue weighted by Crippen LogP contribution is 2.29. The number of benzene rings is 7. The maximum absolute atomic E-state index is 11.2. The van der Waals surface area contributed by atoms with Gasteiger partial charge in [-0.15, -0.1) is 0 Å². The number of nitriles is 1. The van der Waals surface area contributed by atoms with E-state index in [1.807, 2.05) is 61.5 Å². The average molecular weight is 1170 g/mol. The number of nitro benzene ring substituents is 4. The largest absolute Gasteiger partial charge is 0.399 e. The number of nitrogens with one attached hydrogen (secondary N) is 3. The number of hydrogen-bond acceptors (Lipinski definition) is 21. The first-order valence-electron chi connectivity index (χ1n) is 23.0. The molecule has 7 aromatic carbocycles. The first-order valence-corrected chi connectivity index (χ1v) is 23.4. The van der Waals surface area contributed by atoms with Crippen molar-refractivity contribution in [1.82, 2.24) is 39.9 Å². The third kappa shape index (κ3) is 18.4. The molecule has 7 N–H and O–H groups in total. The van der Waals surface area contributed by atoms with Crippen LogP contribution in [0.3, 0.4) is 0 Å². The number of nitrogen functional groups attached to an aromatic ring is 2. The van der Waals surface area contributed by atoms with E-state index in [1.165, 1.54) is 79.1 Å². The number of nitrogens with two attached hydrogens (primary N) is 2. The summed E-state index contributed by atoms with van der Waals surface area (Å²) in [6.07, 6.45) is 5.57. The Hall–Kier alpha value is -11.7. The van der Waals surface area contributed by atoms with Gasteiger partial charge in [-0.25, -0.2) is 34.9 Å². The van der Waals surface area contributed by atoms with Crippen LogP contribution in [0, 0.1) is 65.6 Å². The molecular formula is C58H60ClN17O9. The highest BCUT2D eigenvalue weighted by atomic mass is 35.5. The minimum absolute atomic E-state index is 0. The number of halogens is 1. The van der Waals surface area contributed by atoms with Gasteiger partial charge in [-0.1, -0.05) is 73.0 Å². The number of nitrogens with zero attached hydrogens (tertiary/aromatic N) is 12. The standard InChI is InChI=1S/C15H12N4O2.C15H14N4.C8H4ClN3O2.C8H5N3O3.C7H5N3O2.5CH4/c1-10-3-2-4-11(7-10)18-15-13-8-12(19(20)21)5-6-14(13)16-9-17-15;1-10-3-2-4-12(7-10)19-15-13-8-11(16)5-6-14(13)17-9-18-15;9-8-6-3-5(12(13)14)1-2-7(6)10-4-11-8;12-8-6-3-5(11(13)14)1-2-7(6)9-4-10-8;8-4-5-3-6(10(11)12)1-2-7(5)9;;;;;/h2-9H,1H3,(H,16,17,18);2-9H,16H2,1H3,(H,17,18,19);1-4H;1-4H,(H,9,10,12);1-3H,9H2;5*1H4. The molecule has 0 radical (unpaired) electrons. The summed E-state index contributed by atoms with van der Waals surface area (Å²) >= 11 is 5.76. The topological polar surface area (TPSA) is 396 Å². The molecule has 4 aromatic heterocycles. The third-order valence-corrected chi connectivity index (χ3v) is 11.3. The molecule has 0 spiro atoms. The predicted octanol–water partition coefficient (Wildman–Crippen LogP) is 14.1. The minimum atomic E-state index is -0.569. The van der Waals surface area contributed by atoms with Crippen molar-refractivity contribution in [3.63, 3.8) is 0 Å². The van der Waals surface area contributed by atoms with Gasteiger partial charge in [0.25, 0.3) is 28.3 Å². The van der Waals surface area contributed by atoms with Gasteiger partial charge in [0.1, 0.15) is 41.8 Å². The molecule has 0 bridgehead atoms. The SMILES string of the molecule is C.C.C.C.C.Cc1cccc(Nc2ncnc3ccc(N)cc23)c1.Cc1cccc(Nc2ncnc3ccc([N+](=O)[O-])cc23)c1.N#Cc1cc([N+](=O)[O-])ccc1N.O=[N+]([O-])c1ccc2ncnc(Cl)c2c1.O=c1[nH]cnc2ccc([N+](=O)[O-])cc12. The molecule has 0 amide bonds. The van der Waals surface area contributed by atoms with Crippen LogP contribution < -0.4 is 27.7 Å². The lowest BCUT2D eigenvalue weighted by molar-refractivity contribution is -0.385. The Kier molecular flexibility index (Phi) is 26.0. The van der Waals surface area contributed by atoms with E-state index in [1.54, 1.807) is 24.5 Å². The van der Waals surface area contributed by atoms with E-state index in [9.17, 15) is 45.3 Å². The van der Waals surface area contributed by atoms with Gasteiger partial charge in [0.2, 0.25) is 0 Å². The molecule has 0 aliphatic carbocycles. The lowest BCUT2D eigenvalue weighted by Gasteiger charge is -2.09. The molecule has 0 aliphatic rings. The first-order chi connectivity index (χ1) is 38.4. The molecule has 85 heavy (non-hydrogen) atoms. The van der Waals surface area contributed by atoms with Crippen LogP contribution in [-0.2, 0) is 0 Å². The van der Waals surface area contributed by atoms with Crippen LogP contribution >= 0.6 is 11.6 Å². The number of aromatic nitrogens is 8. The van der Waals surface area contributed by atoms with E-state index in [0.29, 0.717) is 38.8 Å². The number of nitro groups is 4. The van der Waals surface area contributed by atoms with Crippen molar-refractivity contribution in [1.29, 1.82) is 5.26 Å². The fraction of sp³-hybridized carbons (Fsp3) is 0.121. The van der Waals surface area contributed by atoms with Crippen molar-refractivity contribution in [2.45, 2.75) is 51.0 Å². The van der Waals surface area contributed by atoms with E-state index in [2.05, 4.69) is 69.6 Å². The molecule has 11 rings (SSSR count). The fourth-order valence-electron chi connectivity index (χ4n) is 7.20. The number of aryl methyl sites for hydroxylation is 2. The molecular weight excluding hydrogens is 1110 g/mol. The summed E-state index contributed by atoms with van der Waals surface area (Å²) in [5, 5.41) is 59.5. The van der Waals surface area contributed by atoms with Crippen molar-refractivity contribution in [3.8, 4) is 6.07 Å². The number of fused-ring (bicyclic) bond motifs is 4. The highest BCUT2D eigenvalue weighted by molar-refractivity contribution is 6.34. The second-order valence-electron chi connectivity index (χ2n) is 16.6. The van der Waals surface area contributed by atoms with E-state index in [-0.39, 0.29) is 87.2 Å². The Bertz CT molecular complexity index is 4260. The molecule has 0 atom stereocenters. The summed E-state index contributed by atoms with van der Waals surface area (Å²) in [7, 11) is 0. The monoisotopic (exact) mass is 1170 g/mol. The number of rotatable bonds is 8. The molecule has 0 saturated carbocycles. The summed E-state index contributed by atoms with van der Waals surface area (Å²) in [6, 6.07) is 39.9. The van der Waals surface area contributed by atoms with Gasteiger partial charge in [0, 0.05) is 87.4 Å². The van der Waals surface area contributed by atoms with Crippen LogP contribution in [-0.4, -0.2) is 59.6 Å². The molecule has 11 aromatic rings. The van der Waals surface area contributed by atoms with Crippen LogP contribution in [0.25, 0.3) is 43.6 Å². The second kappa shape index (κ2) is 31.9. The van der Waals surface area contributed by atoms with E-state index in [4.69, 9.17) is 28.3 Å². The number of aromatic amines is 1. The van der Waals surface area contributed by atoms with Crippen LogP contribution in [0.2, 0.25) is 5.15 Å². The Morgan fingerprint density at radius 1 is 0.494 bits per heavy atom. The fourth-order valence-corrected chi connectivity index (χ4v) is 7.40. The quantitative estimate of drug-likeness (QED) is 0.0408. The van der Waals surface area contributed by atoms with E-state index < -0.39 is 19.7 Å². The maximum Gasteiger partial charge on any atom is 0.270 e. The Morgan fingerprint density at radius 2 is 0.894 bits per heavy atom. The Labute approximate surface area is 491 Å². The number of non-ortho nitro benzene ring substituents is 4. The summed E-state index contributed by atoms with van der Waals surface area (Å²) in [4.78, 5) is 82.0. The van der Waals surface area contributed by atoms with E-state index >= 15 is 0 Å². The molecule has 438 valence electrons. The first kappa shape index (κ1) is 69.4. The number of hydrogen-bond donors (Lipinski definition) is 5. The zero-order valence-corrected chi connectivity index (χ0v) is 42.4. The van der Waals surface area contributed by atoms with Gasteiger partial charge in [-0.2, -0.15) is 5.26 Å². The molecule has 0 fully saturated rings. The molecule has 4 heterocycles. The Morgan fingerprint density at radius 3 is 1.36 bits per heavy atom. The number of H-pyrrole nitrogens is 1. The van der Waals surface area contributed by atoms with Crippen molar-refractivity contribution in [3.05, 3.63) is 237 Å². The summed E-state index contributed by atoms with van der Waals surface area (Å²) < 4.78 is 0. The number of anilines is 6. The summed E-state index contributed by atoms with van der Waals surface area (Å²) in [5.41, 5.74) is 18.4. The van der Waals surface area contributed by atoms with Gasteiger partial charge < -0.3 is 27.1 Å². The molecule has 0 aliphatic heterocycles. The van der Waals surface area contributed by atoms with Gasteiger partial charge in [0.15, 0.2) is 0 Å². The van der Waals surface area contributed by atoms with Crippen molar-refractivity contribution >= 4 is 112 Å². The third-order valence-electron chi connectivity index (χ3n) is 11.0. The maximum atomic E-state index is 11.2. The van der Waals surface area contributed by atoms with Crippen molar-refractivity contribution < 1.29 is 19.7 Å². The normalized spacial score (nSPS) is 9.62. The minimum Gasteiger partial charge on any atom is -0.399 e. The van der Waals surface area contributed by atoms with Crippen LogP contribution in [0.4, 0.5) is 57.1 Å². The molecule has 0 unspecified atom stereocenters. The van der Waals surface area contributed by atoms with Crippen LogP contribution in [0.1, 0.15) is 53.8 Å². The lowest BCUT2D eigenvalue weighted by Crippen LogP contribution is -2.06. The predicted molar refractivity (Wildman–Crippen MR) is 335 cm³/mol. The average Bonchev–Trinajstić information content (AvgIpc) is 3.42.